The Balaban J connectivity index is 1.85. The van der Waals surface area contributed by atoms with E-state index in [1.807, 2.05) is 0 Å². The Kier molecular flexibility index (Phi) is 4.31. The van der Waals surface area contributed by atoms with Crippen molar-refractivity contribution >= 4 is 15.9 Å². The normalized spacial score (nSPS) is 29.1. The van der Waals surface area contributed by atoms with Gasteiger partial charge in [-0.1, -0.05) is 36.2 Å². The lowest BCUT2D eigenvalue weighted by Crippen LogP contribution is -2.56. The van der Waals surface area contributed by atoms with E-state index in [9.17, 15) is 0 Å². The van der Waals surface area contributed by atoms with Gasteiger partial charge in [-0.3, -0.25) is 9.80 Å². The van der Waals surface area contributed by atoms with Gasteiger partial charge >= 0.3 is 0 Å². The lowest BCUT2D eigenvalue weighted by molar-refractivity contribution is 0.0350. The van der Waals surface area contributed by atoms with Crippen LogP contribution in [0.3, 0.4) is 0 Å². The average Bonchev–Trinajstić information content (AvgIpc) is 2.28. The maximum absolute atomic E-state index is 3.63. The number of alkyl halides is 1. The molecule has 3 heteroatoms. The molecule has 94 valence electrons. The molecule has 2 rings (SSSR count). The Morgan fingerprint density at radius 1 is 1.19 bits per heavy atom. The number of piperidine rings is 1. The fraction of sp³-hybridized carbons (Fsp3) is 1.00. The van der Waals surface area contributed by atoms with Gasteiger partial charge in [-0.2, -0.15) is 0 Å². The number of halogens is 1. The van der Waals surface area contributed by atoms with Crippen LogP contribution >= 0.6 is 15.9 Å². The first-order valence-corrected chi connectivity index (χ1v) is 7.75. The highest BCUT2D eigenvalue weighted by molar-refractivity contribution is 9.09. The summed E-state index contributed by atoms with van der Waals surface area (Å²) < 4.78 is 0. The van der Waals surface area contributed by atoms with Crippen molar-refractivity contribution < 1.29 is 0 Å². The molecule has 2 aliphatic rings. The number of hydrogen-bond acceptors (Lipinski definition) is 2. The molecule has 0 saturated carbocycles. The molecular weight excluding hydrogens is 264 g/mol. The van der Waals surface area contributed by atoms with Crippen LogP contribution in [-0.2, 0) is 0 Å². The van der Waals surface area contributed by atoms with E-state index in [-0.39, 0.29) is 0 Å². The summed E-state index contributed by atoms with van der Waals surface area (Å²) in [5.74, 6) is 0. The molecule has 1 atom stereocenters. The van der Waals surface area contributed by atoms with Gasteiger partial charge in [-0.05, 0) is 24.8 Å². The van der Waals surface area contributed by atoms with Crippen molar-refractivity contribution in [2.24, 2.45) is 5.41 Å². The Morgan fingerprint density at radius 3 is 2.75 bits per heavy atom. The molecule has 0 bridgehead atoms. The second-order valence-corrected chi connectivity index (χ2v) is 6.78. The Bertz CT molecular complexity index is 230. The van der Waals surface area contributed by atoms with E-state index >= 15 is 0 Å². The maximum Gasteiger partial charge on any atom is 0.0223 e. The second kappa shape index (κ2) is 5.36. The molecule has 2 heterocycles. The number of fused-ring (bicyclic) bond motifs is 1. The third-order valence-electron chi connectivity index (χ3n) is 3.93. The van der Waals surface area contributed by atoms with Gasteiger partial charge in [0.15, 0.2) is 0 Å². The quantitative estimate of drug-likeness (QED) is 0.737. The van der Waals surface area contributed by atoms with Gasteiger partial charge in [0, 0.05) is 37.6 Å². The second-order valence-electron chi connectivity index (χ2n) is 6.22. The van der Waals surface area contributed by atoms with Crippen molar-refractivity contribution in [2.75, 3.05) is 38.1 Å². The molecule has 0 N–H and O–H groups in total. The van der Waals surface area contributed by atoms with Crippen molar-refractivity contribution in [1.82, 2.24) is 9.80 Å². The first-order valence-electron chi connectivity index (χ1n) is 6.63. The number of piperazine rings is 1. The van der Waals surface area contributed by atoms with E-state index in [1.54, 1.807) is 0 Å². The number of hydrogen-bond donors (Lipinski definition) is 0. The summed E-state index contributed by atoms with van der Waals surface area (Å²) in [5, 5.41) is 1.10. The summed E-state index contributed by atoms with van der Waals surface area (Å²) in [4.78, 5) is 5.38. The fourth-order valence-electron chi connectivity index (χ4n) is 3.01. The van der Waals surface area contributed by atoms with Crippen LogP contribution in [0.25, 0.3) is 0 Å². The van der Waals surface area contributed by atoms with Crippen LogP contribution in [0.15, 0.2) is 0 Å². The molecule has 0 aromatic heterocycles. The summed E-state index contributed by atoms with van der Waals surface area (Å²) in [7, 11) is 0. The van der Waals surface area contributed by atoms with E-state index in [1.165, 1.54) is 52.0 Å². The van der Waals surface area contributed by atoms with Gasteiger partial charge < -0.3 is 0 Å². The zero-order valence-electron chi connectivity index (χ0n) is 10.7. The molecule has 0 amide bonds. The molecule has 1 unspecified atom stereocenters. The highest BCUT2D eigenvalue weighted by Gasteiger charge is 2.31. The molecule has 2 nitrogen and oxygen atoms in total. The van der Waals surface area contributed by atoms with Crippen LogP contribution in [0.4, 0.5) is 0 Å². The summed E-state index contributed by atoms with van der Waals surface area (Å²) in [5.41, 5.74) is 0.414. The smallest absolute Gasteiger partial charge is 0.0223 e. The van der Waals surface area contributed by atoms with Gasteiger partial charge in [0.2, 0.25) is 0 Å². The van der Waals surface area contributed by atoms with Crippen molar-refractivity contribution in [3.63, 3.8) is 0 Å². The fourth-order valence-corrected chi connectivity index (χ4v) is 3.19. The number of rotatable bonds is 3. The maximum atomic E-state index is 3.63. The van der Waals surface area contributed by atoms with Crippen molar-refractivity contribution in [2.45, 2.75) is 39.2 Å². The topological polar surface area (TPSA) is 6.48 Å². The largest absolute Gasteiger partial charge is 0.300 e. The average molecular weight is 289 g/mol. The molecule has 0 radical (unpaired) electrons. The molecule has 0 spiro atoms. The highest BCUT2D eigenvalue weighted by atomic mass is 79.9. The molecular formula is C13H25BrN2. The Hall–Kier alpha value is 0.400. The van der Waals surface area contributed by atoms with E-state index in [4.69, 9.17) is 0 Å². The Morgan fingerprint density at radius 2 is 2.00 bits per heavy atom. The predicted octanol–water partition coefficient (Wildman–Crippen LogP) is 2.58. The molecule has 0 aromatic carbocycles. The van der Waals surface area contributed by atoms with Crippen molar-refractivity contribution in [1.29, 1.82) is 0 Å². The van der Waals surface area contributed by atoms with Crippen LogP contribution in [-0.4, -0.2) is 53.9 Å². The standard InChI is InChI=1S/C13H25BrN2/c1-13(2,10-14)11-15-7-8-16-6-4-3-5-12(16)9-15/h12H,3-11H2,1-2H3. The summed E-state index contributed by atoms with van der Waals surface area (Å²) in [6.07, 6.45) is 4.28. The van der Waals surface area contributed by atoms with Crippen molar-refractivity contribution in [3.8, 4) is 0 Å². The lowest BCUT2D eigenvalue weighted by Gasteiger charge is -2.45. The summed E-state index contributed by atoms with van der Waals surface area (Å²) in [6, 6.07) is 0.855. The molecule has 16 heavy (non-hydrogen) atoms. The van der Waals surface area contributed by atoms with Crippen LogP contribution in [0.1, 0.15) is 33.1 Å². The third kappa shape index (κ3) is 3.21. The number of nitrogens with zero attached hydrogens (tertiary/aromatic N) is 2. The molecule has 0 aliphatic carbocycles. The van der Waals surface area contributed by atoms with Crippen LogP contribution in [0.5, 0.6) is 0 Å². The van der Waals surface area contributed by atoms with Crippen LogP contribution in [0.2, 0.25) is 0 Å². The van der Waals surface area contributed by atoms with Crippen LogP contribution < -0.4 is 0 Å². The van der Waals surface area contributed by atoms with Gasteiger partial charge in [-0.25, -0.2) is 0 Å². The van der Waals surface area contributed by atoms with E-state index in [0.717, 1.165) is 11.4 Å². The van der Waals surface area contributed by atoms with Gasteiger partial charge in [-0.15, -0.1) is 0 Å². The minimum Gasteiger partial charge on any atom is -0.300 e. The summed E-state index contributed by atoms with van der Waals surface area (Å²) in [6.45, 7) is 11.2. The van der Waals surface area contributed by atoms with Crippen LogP contribution in [0, 0.1) is 5.41 Å². The first kappa shape index (κ1) is 12.8. The minimum absolute atomic E-state index is 0.414. The molecule has 0 aromatic rings. The molecule has 2 fully saturated rings. The van der Waals surface area contributed by atoms with Gasteiger partial charge in [0.25, 0.3) is 0 Å². The van der Waals surface area contributed by atoms with E-state index in [2.05, 4.69) is 39.6 Å². The van der Waals surface area contributed by atoms with Crippen molar-refractivity contribution in [3.05, 3.63) is 0 Å². The first-order chi connectivity index (χ1) is 7.61. The van der Waals surface area contributed by atoms with E-state index in [0.29, 0.717) is 5.41 Å². The minimum atomic E-state index is 0.414. The monoisotopic (exact) mass is 288 g/mol. The van der Waals surface area contributed by atoms with Gasteiger partial charge in [0.1, 0.15) is 0 Å². The van der Waals surface area contributed by atoms with Gasteiger partial charge in [0.05, 0.1) is 0 Å². The molecule has 2 saturated heterocycles. The SMILES string of the molecule is CC(C)(CBr)CN1CCN2CCCCC2C1. The summed E-state index contributed by atoms with van der Waals surface area (Å²) >= 11 is 3.63. The zero-order chi connectivity index (χ0) is 11.6. The third-order valence-corrected chi connectivity index (χ3v) is 5.45. The highest BCUT2D eigenvalue weighted by Crippen LogP contribution is 2.25. The zero-order valence-corrected chi connectivity index (χ0v) is 12.3. The molecule has 2 aliphatic heterocycles. The lowest BCUT2D eigenvalue weighted by atomic mass is 9.93. The Labute approximate surface area is 108 Å². The predicted molar refractivity (Wildman–Crippen MR) is 73.2 cm³/mol. The van der Waals surface area contributed by atoms with E-state index < -0.39 is 0 Å².